The highest BCUT2D eigenvalue weighted by atomic mass is 35.5. The van der Waals surface area contributed by atoms with Gasteiger partial charge in [0.15, 0.2) is 5.82 Å². The van der Waals surface area contributed by atoms with Gasteiger partial charge in [0, 0.05) is 39.1 Å². The lowest BCUT2D eigenvalue weighted by molar-refractivity contribution is 0.467. The standard InChI is InChI=1S/C21H20Cl2N8O/c22-13-2-1-3-14-18(13)21(32)31(30-10-8-24-9-11-30)17(28-14)6-7-25-20-19-15(26-12-27-20)4-5-16(23)29-19/h1-5,12,24H,6-11H2,(H,25,26,27). The van der Waals surface area contributed by atoms with Crippen LogP contribution in [0.25, 0.3) is 21.9 Å². The molecule has 1 aromatic carbocycles. The molecule has 4 aromatic rings. The third-order valence-electron chi connectivity index (χ3n) is 5.36. The molecular weight excluding hydrogens is 451 g/mol. The van der Waals surface area contributed by atoms with Crippen LogP contribution in [-0.4, -0.2) is 57.3 Å². The van der Waals surface area contributed by atoms with Crippen molar-refractivity contribution in [2.75, 3.05) is 43.0 Å². The number of benzene rings is 1. The van der Waals surface area contributed by atoms with Crippen LogP contribution in [0.5, 0.6) is 0 Å². The number of hydrogen-bond acceptors (Lipinski definition) is 8. The second kappa shape index (κ2) is 8.85. The summed E-state index contributed by atoms with van der Waals surface area (Å²) in [4.78, 5) is 31.1. The Morgan fingerprint density at radius 1 is 1.03 bits per heavy atom. The van der Waals surface area contributed by atoms with Crippen molar-refractivity contribution < 1.29 is 0 Å². The second-order valence-electron chi connectivity index (χ2n) is 7.38. The van der Waals surface area contributed by atoms with Gasteiger partial charge in [0.25, 0.3) is 5.56 Å². The van der Waals surface area contributed by atoms with Gasteiger partial charge in [0.05, 0.1) is 21.4 Å². The number of anilines is 1. The summed E-state index contributed by atoms with van der Waals surface area (Å²) in [5.41, 5.74) is 1.73. The van der Waals surface area contributed by atoms with Crippen LogP contribution in [0, 0.1) is 0 Å². The maximum absolute atomic E-state index is 13.4. The number of piperazine rings is 1. The van der Waals surface area contributed by atoms with Crippen LogP contribution in [0.2, 0.25) is 10.2 Å². The van der Waals surface area contributed by atoms with E-state index in [9.17, 15) is 4.79 Å². The number of pyridine rings is 1. The average Bonchev–Trinajstić information content (AvgIpc) is 2.80. The number of aromatic nitrogens is 5. The molecule has 2 N–H and O–H groups in total. The molecule has 4 heterocycles. The lowest BCUT2D eigenvalue weighted by Crippen LogP contribution is -2.54. The molecule has 0 unspecified atom stereocenters. The molecule has 164 valence electrons. The molecule has 0 saturated carbocycles. The van der Waals surface area contributed by atoms with Gasteiger partial charge < -0.3 is 15.6 Å². The van der Waals surface area contributed by atoms with Crippen LogP contribution in [-0.2, 0) is 6.42 Å². The van der Waals surface area contributed by atoms with Crippen molar-refractivity contribution >= 4 is 51.0 Å². The van der Waals surface area contributed by atoms with Gasteiger partial charge in [-0.1, -0.05) is 29.3 Å². The van der Waals surface area contributed by atoms with Crippen molar-refractivity contribution in [2.45, 2.75) is 6.42 Å². The first kappa shape index (κ1) is 20.9. The zero-order chi connectivity index (χ0) is 22.1. The van der Waals surface area contributed by atoms with E-state index < -0.39 is 0 Å². The van der Waals surface area contributed by atoms with E-state index in [1.165, 1.54) is 6.33 Å². The lowest BCUT2D eigenvalue weighted by atomic mass is 10.2. The molecule has 0 amide bonds. The lowest BCUT2D eigenvalue weighted by Gasteiger charge is -2.32. The Kier molecular flexibility index (Phi) is 5.77. The molecule has 1 saturated heterocycles. The van der Waals surface area contributed by atoms with E-state index in [0.717, 1.165) is 13.1 Å². The van der Waals surface area contributed by atoms with Crippen molar-refractivity contribution in [1.29, 1.82) is 0 Å². The third kappa shape index (κ3) is 3.94. The minimum Gasteiger partial charge on any atom is -0.368 e. The zero-order valence-electron chi connectivity index (χ0n) is 17.1. The largest absolute Gasteiger partial charge is 0.368 e. The topological polar surface area (TPSA) is 101 Å². The number of halogens is 2. The molecule has 0 bridgehead atoms. The van der Waals surface area contributed by atoms with E-state index in [1.807, 2.05) is 11.1 Å². The maximum atomic E-state index is 13.4. The molecule has 32 heavy (non-hydrogen) atoms. The molecule has 0 aliphatic carbocycles. The van der Waals surface area contributed by atoms with Gasteiger partial charge in [-0.15, -0.1) is 0 Å². The Hall–Kier alpha value is -3.01. The Morgan fingerprint density at radius 3 is 2.72 bits per heavy atom. The van der Waals surface area contributed by atoms with Gasteiger partial charge in [0.1, 0.15) is 22.8 Å². The van der Waals surface area contributed by atoms with Crippen LogP contribution >= 0.6 is 23.2 Å². The Morgan fingerprint density at radius 2 is 1.88 bits per heavy atom. The third-order valence-corrected chi connectivity index (χ3v) is 5.88. The molecule has 11 heteroatoms. The Bertz CT molecular complexity index is 1350. The summed E-state index contributed by atoms with van der Waals surface area (Å²) < 4.78 is 1.67. The summed E-state index contributed by atoms with van der Waals surface area (Å²) in [7, 11) is 0. The van der Waals surface area contributed by atoms with Gasteiger partial charge in [-0.25, -0.2) is 24.6 Å². The van der Waals surface area contributed by atoms with Crippen molar-refractivity contribution in [1.82, 2.24) is 29.9 Å². The first-order valence-electron chi connectivity index (χ1n) is 10.3. The van der Waals surface area contributed by atoms with E-state index in [1.54, 1.807) is 28.9 Å². The number of hydrogen-bond donors (Lipinski definition) is 2. The number of nitrogens with one attached hydrogen (secondary N) is 2. The number of rotatable bonds is 5. The van der Waals surface area contributed by atoms with Crippen molar-refractivity contribution in [3.63, 3.8) is 0 Å². The molecule has 1 fully saturated rings. The van der Waals surface area contributed by atoms with Crippen LogP contribution in [0.3, 0.4) is 0 Å². The van der Waals surface area contributed by atoms with Crippen LogP contribution in [0.1, 0.15) is 5.82 Å². The van der Waals surface area contributed by atoms with E-state index in [4.69, 9.17) is 28.2 Å². The van der Waals surface area contributed by atoms with E-state index >= 15 is 0 Å². The summed E-state index contributed by atoms with van der Waals surface area (Å²) in [6.45, 7) is 3.49. The molecule has 1 aliphatic heterocycles. The highest BCUT2D eigenvalue weighted by molar-refractivity contribution is 6.35. The average molecular weight is 471 g/mol. The maximum Gasteiger partial charge on any atom is 0.281 e. The molecule has 0 atom stereocenters. The van der Waals surface area contributed by atoms with Crippen molar-refractivity contribution in [3.8, 4) is 0 Å². The fourth-order valence-corrected chi connectivity index (χ4v) is 4.27. The second-order valence-corrected chi connectivity index (χ2v) is 8.18. The van der Waals surface area contributed by atoms with Crippen molar-refractivity contribution in [3.05, 3.63) is 63.0 Å². The highest BCUT2D eigenvalue weighted by Crippen LogP contribution is 2.21. The fraction of sp³-hybridized carbons (Fsp3) is 0.286. The van der Waals surface area contributed by atoms with Gasteiger partial charge in [0.2, 0.25) is 0 Å². The molecule has 9 nitrogen and oxygen atoms in total. The first-order chi connectivity index (χ1) is 15.6. The van der Waals surface area contributed by atoms with Crippen LogP contribution in [0.4, 0.5) is 5.82 Å². The minimum absolute atomic E-state index is 0.154. The molecule has 5 rings (SSSR count). The smallest absolute Gasteiger partial charge is 0.281 e. The molecular formula is C21H20Cl2N8O. The van der Waals surface area contributed by atoms with Gasteiger partial charge in [-0.05, 0) is 24.3 Å². The number of fused-ring (bicyclic) bond motifs is 2. The Balaban J connectivity index is 1.49. The quantitative estimate of drug-likeness (QED) is 0.428. The van der Waals surface area contributed by atoms with E-state index in [0.29, 0.717) is 69.8 Å². The predicted octanol–water partition coefficient (Wildman–Crippen LogP) is 2.24. The monoisotopic (exact) mass is 470 g/mol. The normalized spacial score (nSPS) is 14.2. The highest BCUT2D eigenvalue weighted by Gasteiger charge is 2.19. The van der Waals surface area contributed by atoms with Crippen LogP contribution in [0.15, 0.2) is 41.5 Å². The first-order valence-corrected chi connectivity index (χ1v) is 11.0. The van der Waals surface area contributed by atoms with Gasteiger partial charge in [-0.3, -0.25) is 4.79 Å². The summed E-state index contributed by atoms with van der Waals surface area (Å²) in [6, 6.07) is 8.82. The summed E-state index contributed by atoms with van der Waals surface area (Å²) in [6.07, 6.45) is 1.97. The molecule has 0 spiro atoms. The van der Waals surface area contributed by atoms with E-state index in [-0.39, 0.29) is 5.56 Å². The fourth-order valence-electron chi connectivity index (χ4n) is 3.87. The summed E-state index contributed by atoms with van der Waals surface area (Å²) >= 11 is 12.4. The van der Waals surface area contributed by atoms with Crippen LogP contribution < -0.4 is 21.2 Å². The SMILES string of the molecule is O=c1c2c(Cl)cccc2nc(CCNc2ncnc3ccc(Cl)nc23)n1N1CCNCC1. The van der Waals surface area contributed by atoms with E-state index in [2.05, 4.69) is 25.6 Å². The van der Waals surface area contributed by atoms with Crippen molar-refractivity contribution in [2.24, 2.45) is 0 Å². The van der Waals surface area contributed by atoms with Gasteiger partial charge in [-0.2, -0.15) is 0 Å². The predicted molar refractivity (Wildman–Crippen MR) is 126 cm³/mol. The molecule has 1 aliphatic rings. The van der Waals surface area contributed by atoms with Gasteiger partial charge >= 0.3 is 0 Å². The molecule has 0 radical (unpaired) electrons. The minimum atomic E-state index is -0.154. The number of nitrogens with zero attached hydrogens (tertiary/aromatic N) is 6. The molecule has 3 aromatic heterocycles. The summed E-state index contributed by atoms with van der Waals surface area (Å²) in [5, 5.41) is 9.83. The summed E-state index contributed by atoms with van der Waals surface area (Å²) in [5.74, 6) is 1.24. The Labute approximate surface area is 193 Å². The zero-order valence-corrected chi connectivity index (χ0v) is 18.6.